The summed E-state index contributed by atoms with van der Waals surface area (Å²) >= 11 is -1.61. The van der Waals surface area contributed by atoms with E-state index in [4.69, 9.17) is 19.4 Å². The second-order valence-electron chi connectivity index (χ2n) is 9.22. The third-order valence-corrected chi connectivity index (χ3v) is 13.0. The zero-order chi connectivity index (χ0) is 21.0. The summed E-state index contributed by atoms with van der Waals surface area (Å²) in [4.78, 5) is 0. The molecule has 0 unspecified atom stereocenters. The minimum absolute atomic E-state index is 0.385. The Labute approximate surface area is 200 Å². The molecule has 0 amide bonds. The number of rotatable bonds is 5. The maximum absolute atomic E-state index is 5.65. The van der Waals surface area contributed by atoms with Crippen molar-refractivity contribution in [2.75, 3.05) is 0 Å². The molecule has 0 N–H and O–H groups in total. The summed E-state index contributed by atoms with van der Waals surface area (Å²) in [5.74, 6) is 0. The van der Waals surface area contributed by atoms with Gasteiger partial charge < -0.3 is 0 Å². The van der Waals surface area contributed by atoms with Crippen LogP contribution in [-0.4, -0.2) is 17.0 Å². The van der Waals surface area contributed by atoms with E-state index in [0.29, 0.717) is 7.92 Å². The van der Waals surface area contributed by atoms with Gasteiger partial charge in [-0.2, -0.15) is 0 Å². The molecule has 0 radical (unpaired) electrons. The topological polar surface area (TPSA) is 0 Å². The van der Waals surface area contributed by atoms with Crippen LogP contribution in [0.1, 0.15) is 102 Å². The van der Waals surface area contributed by atoms with Gasteiger partial charge in [0.2, 0.25) is 0 Å². The molecule has 1 aromatic carbocycles. The molecule has 0 atom stereocenters. The fourth-order valence-electron chi connectivity index (χ4n) is 5.71. The Hall–Kier alpha value is 0.593. The van der Waals surface area contributed by atoms with Gasteiger partial charge in [-0.05, 0) is 55.5 Å². The van der Waals surface area contributed by atoms with Crippen molar-refractivity contribution >= 4 is 33.4 Å². The molecule has 0 aromatic heterocycles. The molecule has 3 aliphatic rings. The summed E-state index contributed by atoms with van der Waals surface area (Å²) in [6.45, 7) is 0. The van der Waals surface area contributed by atoms with E-state index >= 15 is 0 Å². The summed E-state index contributed by atoms with van der Waals surface area (Å²) < 4.78 is 1.88. The van der Waals surface area contributed by atoms with Gasteiger partial charge in [0, 0.05) is 0 Å². The van der Waals surface area contributed by atoms with Crippen LogP contribution in [0, 0.1) is 0 Å². The van der Waals surface area contributed by atoms with Crippen molar-refractivity contribution in [3.63, 3.8) is 0 Å². The molecule has 0 aliphatic heterocycles. The average Bonchev–Trinajstić information content (AvgIpc) is 2.81. The molecule has 171 valence electrons. The van der Waals surface area contributed by atoms with E-state index in [9.17, 15) is 0 Å². The van der Waals surface area contributed by atoms with E-state index in [0.717, 1.165) is 5.56 Å². The first-order valence-corrected chi connectivity index (χ1v) is 19.3. The first-order valence-electron chi connectivity index (χ1n) is 12.2. The molecule has 1 aromatic rings. The van der Waals surface area contributed by atoms with Crippen molar-refractivity contribution in [2.24, 2.45) is 0 Å². The van der Waals surface area contributed by atoms with E-state index in [1.165, 1.54) is 36.2 Å². The monoisotopic (exact) mass is 555 g/mol. The van der Waals surface area contributed by atoms with E-state index in [1.54, 1.807) is 77.0 Å². The van der Waals surface area contributed by atoms with Crippen LogP contribution in [0.4, 0.5) is 0 Å². The molecular weight excluding hydrogens is 515 g/mol. The molecule has 4 heteroatoms. The summed E-state index contributed by atoms with van der Waals surface area (Å²) in [5, 5.41) is 0. The van der Waals surface area contributed by atoms with Crippen LogP contribution < -0.4 is 0 Å². The van der Waals surface area contributed by atoms with Crippen LogP contribution in [0.25, 0.3) is 6.08 Å². The second kappa shape index (κ2) is 14.7. The molecular formula is C26H40Cl2PRu. The van der Waals surface area contributed by atoms with E-state index in [1.807, 2.05) is 41.1 Å². The Morgan fingerprint density at radius 2 is 1.03 bits per heavy atom. The van der Waals surface area contributed by atoms with Crippen molar-refractivity contribution in [3.8, 4) is 0 Å². The molecule has 0 bridgehead atoms. The Balaban J connectivity index is 0.000000199. The maximum atomic E-state index is 5.65. The molecule has 4 rings (SSSR count). The summed E-state index contributed by atoms with van der Waals surface area (Å²) in [7, 11) is 11.7. The number of benzene rings is 1. The number of hydrogen-bond donors (Lipinski definition) is 0. The van der Waals surface area contributed by atoms with E-state index < -0.39 is 14.0 Å². The van der Waals surface area contributed by atoms with Crippen LogP contribution in [0.3, 0.4) is 0 Å². The van der Waals surface area contributed by atoms with Gasteiger partial charge in [-0.3, -0.25) is 0 Å². The van der Waals surface area contributed by atoms with Gasteiger partial charge in [0.1, 0.15) is 0 Å². The van der Waals surface area contributed by atoms with Crippen LogP contribution in [0.15, 0.2) is 35.0 Å². The summed E-state index contributed by atoms with van der Waals surface area (Å²) in [5.41, 5.74) is 4.72. The first kappa shape index (κ1) is 25.2. The standard InChI is InChI=1S/C18H33P.C8H7.2ClH.Ru/c1-4-10-16(11-5-1)19(17-12-6-2-7-13-17)18-14-8-3-9-15-18;1-2-8-6-4-3-5-7-8;;;/h16-18H,1-15H2;1-7H;2*1H;/q;;;;+2/p-2. The van der Waals surface area contributed by atoms with Gasteiger partial charge in [-0.15, -0.1) is 0 Å². The van der Waals surface area contributed by atoms with Gasteiger partial charge in [0.05, 0.1) is 0 Å². The molecule has 0 saturated heterocycles. The van der Waals surface area contributed by atoms with Crippen molar-refractivity contribution in [2.45, 2.75) is 113 Å². The van der Waals surface area contributed by atoms with Gasteiger partial charge in [0.15, 0.2) is 0 Å². The third-order valence-electron chi connectivity index (χ3n) is 7.13. The molecule has 3 saturated carbocycles. The van der Waals surface area contributed by atoms with E-state index in [-0.39, 0.29) is 0 Å². The molecule has 0 nitrogen and oxygen atoms in total. The zero-order valence-corrected chi connectivity index (χ0v) is 22.6. The predicted molar refractivity (Wildman–Crippen MR) is 135 cm³/mol. The van der Waals surface area contributed by atoms with Crippen molar-refractivity contribution in [1.82, 2.24) is 0 Å². The van der Waals surface area contributed by atoms with Crippen LogP contribution in [-0.2, 0) is 14.0 Å². The van der Waals surface area contributed by atoms with Gasteiger partial charge in [-0.25, -0.2) is 0 Å². The van der Waals surface area contributed by atoms with Gasteiger partial charge in [-0.1, -0.05) is 65.7 Å². The molecule has 3 aliphatic carbocycles. The van der Waals surface area contributed by atoms with Gasteiger partial charge in [0.25, 0.3) is 0 Å². The van der Waals surface area contributed by atoms with E-state index in [2.05, 4.69) is 0 Å². The fourth-order valence-corrected chi connectivity index (χ4v) is 11.5. The Bertz CT molecular complexity index is 546. The van der Waals surface area contributed by atoms with Crippen molar-refractivity contribution < 1.29 is 14.0 Å². The Morgan fingerprint density at radius 3 is 1.40 bits per heavy atom. The normalized spacial score (nSPS) is 22.7. The molecule has 30 heavy (non-hydrogen) atoms. The van der Waals surface area contributed by atoms with Crippen LogP contribution in [0.2, 0.25) is 0 Å². The van der Waals surface area contributed by atoms with Gasteiger partial charge >= 0.3 is 80.0 Å². The number of halogens is 2. The molecule has 0 heterocycles. The van der Waals surface area contributed by atoms with Crippen molar-refractivity contribution in [1.29, 1.82) is 0 Å². The zero-order valence-electron chi connectivity index (χ0n) is 18.4. The third kappa shape index (κ3) is 8.85. The fraction of sp³-hybridized carbons (Fsp3) is 0.692. The second-order valence-corrected chi connectivity index (χ2v) is 18.1. The molecule has 0 spiro atoms. The summed E-state index contributed by atoms with van der Waals surface area (Å²) in [6.07, 6.45) is 25.6. The Morgan fingerprint density at radius 1 is 0.633 bits per heavy atom. The average molecular weight is 556 g/mol. The summed E-state index contributed by atoms with van der Waals surface area (Å²) in [6, 6.07) is 9.98. The molecule has 3 fully saturated rings. The number of hydrogen-bond acceptors (Lipinski definition) is 0. The predicted octanol–water partition coefficient (Wildman–Crippen LogP) is 10.0. The SMILES string of the molecule is C1CCC(P(C2CCCCC2)C2CCCCC2)CC1.[Cl][Ru]([Cl])[CH]=Cc1ccccc1. The van der Waals surface area contributed by atoms with Crippen molar-refractivity contribution in [3.05, 3.63) is 40.6 Å². The quantitative estimate of drug-likeness (QED) is 0.251. The van der Waals surface area contributed by atoms with Crippen LogP contribution >= 0.6 is 27.3 Å². The van der Waals surface area contributed by atoms with Crippen LogP contribution in [0.5, 0.6) is 0 Å². The Kier molecular flexibility index (Phi) is 12.3. The minimum atomic E-state index is -1.61. The first-order chi connectivity index (χ1) is 14.7.